The van der Waals surface area contributed by atoms with Crippen LogP contribution in [0.25, 0.3) is 11.5 Å². The van der Waals surface area contributed by atoms with Gasteiger partial charge < -0.3 is 9.15 Å². The molecule has 0 radical (unpaired) electrons. The van der Waals surface area contributed by atoms with E-state index >= 15 is 0 Å². The summed E-state index contributed by atoms with van der Waals surface area (Å²) in [4.78, 5) is 12.7. The first kappa shape index (κ1) is 22.0. The van der Waals surface area contributed by atoms with Gasteiger partial charge in [0.1, 0.15) is 5.75 Å². The Balaban J connectivity index is 1.22. The van der Waals surface area contributed by atoms with E-state index in [1.165, 1.54) is 37.0 Å². The zero-order chi connectivity index (χ0) is 22.3. The van der Waals surface area contributed by atoms with Crippen LogP contribution in [0, 0.1) is 16.0 Å². The molecular weight excluding hydrogens is 408 g/mol. The fraction of sp³-hybridized carbons (Fsp3) is 0.417. The molecule has 4 rings (SSSR count). The average molecular weight is 437 g/mol. The van der Waals surface area contributed by atoms with Gasteiger partial charge in [0.2, 0.25) is 11.8 Å². The molecule has 1 aliphatic heterocycles. The lowest BCUT2D eigenvalue weighted by Gasteiger charge is -2.31. The number of benzene rings is 2. The lowest BCUT2D eigenvalue weighted by atomic mass is 9.90. The van der Waals surface area contributed by atoms with Gasteiger partial charge in [0.05, 0.1) is 18.1 Å². The molecule has 2 heterocycles. The number of nitro groups is 1. The van der Waals surface area contributed by atoms with Crippen molar-refractivity contribution in [2.24, 2.45) is 5.92 Å². The van der Waals surface area contributed by atoms with E-state index < -0.39 is 4.92 Å². The van der Waals surface area contributed by atoms with Crippen LogP contribution in [0.2, 0.25) is 0 Å². The number of likely N-dealkylation sites (tertiary alicyclic amines) is 1. The van der Waals surface area contributed by atoms with Crippen molar-refractivity contribution in [3.05, 3.63) is 70.1 Å². The largest absolute Gasteiger partial charge is 0.494 e. The smallest absolute Gasteiger partial charge is 0.269 e. The summed E-state index contributed by atoms with van der Waals surface area (Å²) in [5.41, 5.74) is 2.08. The topological polar surface area (TPSA) is 94.5 Å². The van der Waals surface area contributed by atoms with Crippen LogP contribution in [0.15, 0.2) is 52.9 Å². The summed E-state index contributed by atoms with van der Waals surface area (Å²) in [5, 5.41) is 19.0. The van der Waals surface area contributed by atoms with Crippen molar-refractivity contribution in [3.63, 3.8) is 0 Å². The van der Waals surface area contributed by atoms with Gasteiger partial charge in [-0.05, 0) is 81.4 Å². The van der Waals surface area contributed by atoms with E-state index in [0.29, 0.717) is 30.5 Å². The molecule has 0 saturated carbocycles. The number of piperidine rings is 1. The average Bonchev–Trinajstić information content (AvgIpc) is 3.28. The van der Waals surface area contributed by atoms with Gasteiger partial charge >= 0.3 is 0 Å². The van der Waals surface area contributed by atoms with Gasteiger partial charge in [-0.25, -0.2) is 0 Å². The van der Waals surface area contributed by atoms with Crippen molar-refractivity contribution in [1.29, 1.82) is 0 Å². The molecule has 0 atom stereocenters. The minimum Gasteiger partial charge on any atom is -0.494 e. The molecule has 8 heteroatoms. The molecule has 0 aliphatic carbocycles. The maximum Gasteiger partial charge on any atom is 0.269 e. The van der Waals surface area contributed by atoms with Crippen LogP contribution in [-0.2, 0) is 13.0 Å². The molecule has 32 heavy (non-hydrogen) atoms. The van der Waals surface area contributed by atoms with Crippen LogP contribution in [0.1, 0.15) is 37.6 Å². The van der Waals surface area contributed by atoms with E-state index in [-0.39, 0.29) is 5.69 Å². The lowest BCUT2D eigenvalue weighted by Crippen LogP contribution is -2.33. The first-order chi connectivity index (χ1) is 15.6. The summed E-state index contributed by atoms with van der Waals surface area (Å²) < 4.78 is 11.3. The molecule has 0 amide bonds. The van der Waals surface area contributed by atoms with E-state index in [9.17, 15) is 10.1 Å². The van der Waals surface area contributed by atoms with Crippen molar-refractivity contribution >= 4 is 5.69 Å². The summed E-state index contributed by atoms with van der Waals surface area (Å²) in [7, 11) is 0. The van der Waals surface area contributed by atoms with Gasteiger partial charge in [0.25, 0.3) is 5.69 Å². The van der Waals surface area contributed by atoms with Crippen LogP contribution in [-0.4, -0.2) is 39.7 Å². The Bertz CT molecular complexity index is 1010. The fourth-order valence-electron chi connectivity index (χ4n) is 4.07. The Morgan fingerprint density at radius 2 is 1.81 bits per heavy atom. The number of hydrogen-bond donors (Lipinski definition) is 0. The van der Waals surface area contributed by atoms with Crippen molar-refractivity contribution in [1.82, 2.24) is 15.1 Å². The highest BCUT2D eigenvalue weighted by molar-refractivity contribution is 5.55. The molecule has 3 aromatic rings. The molecule has 2 aromatic carbocycles. The van der Waals surface area contributed by atoms with E-state index in [4.69, 9.17) is 9.15 Å². The summed E-state index contributed by atoms with van der Waals surface area (Å²) in [5.74, 6) is 2.63. The van der Waals surface area contributed by atoms with E-state index in [0.717, 1.165) is 31.2 Å². The monoisotopic (exact) mass is 436 g/mol. The SMILES string of the molecule is CCOc1ccc(CCC2CCN(Cc3nnc(-c4ccc([N+](=O)[O-])cc4)o3)CC2)cc1. The standard InChI is InChI=1S/C24H28N4O4/c1-2-31-22-11-5-18(6-12-22)3-4-19-13-15-27(16-14-19)17-23-25-26-24(32-23)20-7-9-21(10-8-20)28(29)30/h5-12,19H,2-4,13-17H2,1H3. The Kier molecular flexibility index (Phi) is 7.11. The first-order valence-electron chi connectivity index (χ1n) is 11.1. The van der Waals surface area contributed by atoms with Gasteiger partial charge in [-0.2, -0.15) is 0 Å². The maximum atomic E-state index is 10.8. The summed E-state index contributed by atoms with van der Waals surface area (Å²) >= 11 is 0. The van der Waals surface area contributed by atoms with E-state index in [1.54, 1.807) is 12.1 Å². The highest BCUT2D eigenvalue weighted by Gasteiger charge is 2.21. The van der Waals surface area contributed by atoms with Crippen molar-refractivity contribution < 1.29 is 14.1 Å². The number of aryl methyl sites for hydroxylation is 1. The molecule has 1 saturated heterocycles. The molecule has 1 aliphatic rings. The van der Waals surface area contributed by atoms with Crippen LogP contribution in [0.4, 0.5) is 5.69 Å². The minimum absolute atomic E-state index is 0.0406. The normalized spacial score (nSPS) is 15.0. The number of nitro benzene ring substituents is 1. The van der Waals surface area contributed by atoms with Crippen LogP contribution in [0.5, 0.6) is 5.75 Å². The molecule has 0 unspecified atom stereocenters. The highest BCUT2D eigenvalue weighted by Crippen LogP contribution is 2.25. The van der Waals surface area contributed by atoms with Crippen LogP contribution >= 0.6 is 0 Å². The molecule has 0 N–H and O–H groups in total. The summed E-state index contributed by atoms with van der Waals surface area (Å²) in [6, 6.07) is 14.6. The molecule has 1 aromatic heterocycles. The third-order valence-electron chi connectivity index (χ3n) is 5.93. The minimum atomic E-state index is -0.426. The summed E-state index contributed by atoms with van der Waals surface area (Å²) in [6.45, 7) is 5.36. The predicted molar refractivity (Wildman–Crippen MR) is 120 cm³/mol. The van der Waals surface area contributed by atoms with Gasteiger partial charge in [-0.1, -0.05) is 12.1 Å². The Hall–Kier alpha value is -3.26. The number of non-ortho nitro benzene ring substituents is 1. The van der Waals surface area contributed by atoms with Crippen LogP contribution in [0.3, 0.4) is 0 Å². The van der Waals surface area contributed by atoms with Crippen molar-refractivity contribution in [2.75, 3.05) is 19.7 Å². The molecule has 8 nitrogen and oxygen atoms in total. The lowest BCUT2D eigenvalue weighted by molar-refractivity contribution is -0.384. The number of ether oxygens (including phenoxy) is 1. The molecule has 1 fully saturated rings. The van der Waals surface area contributed by atoms with Gasteiger partial charge in [-0.15, -0.1) is 10.2 Å². The second-order valence-electron chi connectivity index (χ2n) is 8.14. The molecule has 0 bridgehead atoms. The van der Waals surface area contributed by atoms with Gasteiger partial charge in [0, 0.05) is 17.7 Å². The zero-order valence-electron chi connectivity index (χ0n) is 18.3. The fourth-order valence-corrected chi connectivity index (χ4v) is 4.07. The second-order valence-corrected chi connectivity index (χ2v) is 8.14. The van der Waals surface area contributed by atoms with Gasteiger partial charge in [-0.3, -0.25) is 15.0 Å². The number of hydrogen-bond acceptors (Lipinski definition) is 7. The Labute approximate surface area is 187 Å². The maximum absolute atomic E-state index is 10.8. The highest BCUT2D eigenvalue weighted by atomic mass is 16.6. The predicted octanol–water partition coefficient (Wildman–Crippen LogP) is 4.89. The number of aromatic nitrogens is 2. The van der Waals surface area contributed by atoms with E-state index in [2.05, 4.69) is 39.4 Å². The third kappa shape index (κ3) is 5.70. The Morgan fingerprint density at radius 1 is 1.09 bits per heavy atom. The quantitative estimate of drug-likeness (QED) is 0.348. The number of nitrogens with zero attached hydrogens (tertiary/aromatic N) is 4. The van der Waals surface area contributed by atoms with E-state index in [1.807, 2.05) is 6.92 Å². The summed E-state index contributed by atoms with van der Waals surface area (Å²) in [6.07, 6.45) is 4.63. The van der Waals surface area contributed by atoms with Crippen LogP contribution < -0.4 is 4.74 Å². The van der Waals surface area contributed by atoms with Crippen molar-refractivity contribution in [2.45, 2.75) is 39.2 Å². The molecule has 168 valence electrons. The van der Waals surface area contributed by atoms with Crippen molar-refractivity contribution in [3.8, 4) is 17.2 Å². The number of rotatable bonds is 9. The van der Waals surface area contributed by atoms with Gasteiger partial charge in [0.15, 0.2) is 0 Å². The second kappa shape index (κ2) is 10.4. The third-order valence-corrected chi connectivity index (χ3v) is 5.93. The zero-order valence-corrected chi connectivity index (χ0v) is 18.3. The Morgan fingerprint density at radius 3 is 2.47 bits per heavy atom. The first-order valence-corrected chi connectivity index (χ1v) is 11.1. The molecule has 0 spiro atoms. The molecular formula is C24H28N4O4.